The van der Waals surface area contributed by atoms with Crippen LogP contribution in [-0.4, -0.2) is 21.7 Å². The number of aryl methyl sites for hydroxylation is 1. The first kappa shape index (κ1) is 11.7. The Morgan fingerprint density at radius 2 is 1.94 bits per heavy atom. The number of nitrogens with zero attached hydrogens (tertiary/aromatic N) is 1. The predicted molar refractivity (Wildman–Crippen MR) is 66.1 cm³/mol. The molecule has 0 atom stereocenters. The molecule has 0 fully saturated rings. The summed E-state index contributed by atoms with van der Waals surface area (Å²) in [7, 11) is 0. The second-order valence-electron chi connectivity index (χ2n) is 3.65. The van der Waals surface area contributed by atoms with Crippen LogP contribution in [0.25, 0.3) is 11.0 Å². The van der Waals surface area contributed by atoms with Gasteiger partial charge in [-0.3, -0.25) is 0 Å². The molecule has 1 aromatic carbocycles. The number of unbranched alkanes of at least 4 members (excludes halogenated alkanes) is 1. The summed E-state index contributed by atoms with van der Waals surface area (Å²) in [6, 6.07) is 3.53. The topological polar surface area (TPSA) is 48.9 Å². The maximum Gasteiger partial charge on any atom is 0.107 e. The lowest BCUT2D eigenvalue weighted by atomic mass is 10.2. The van der Waals surface area contributed by atoms with Crippen molar-refractivity contribution in [3.8, 4) is 0 Å². The van der Waals surface area contributed by atoms with Crippen LogP contribution in [0.5, 0.6) is 0 Å². The summed E-state index contributed by atoms with van der Waals surface area (Å²) in [5.74, 6) is 0.904. The quantitative estimate of drug-likeness (QED) is 0.828. The molecule has 0 aliphatic rings. The number of fused-ring (bicyclic) bond motifs is 1. The fourth-order valence-electron chi connectivity index (χ4n) is 1.58. The van der Waals surface area contributed by atoms with Crippen LogP contribution >= 0.6 is 23.2 Å². The zero-order valence-electron chi connectivity index (χ0n) is 8.63. The molecule has 2 aromatic rings. The van der Waals surface area contributed by atoms with Gasteiger partial charge in [-0.05, 0) is 25.0 Å². The summed E-state index contributed by atoms with van der Waals surface area (Å²) in [6.07, 6.45) is 2.53. The molecule has 5 heteroatoms. The average molecular weight is 259 g/mol. The number of H-pyrrole nitrogens is 1. The summed E-state index contributed by atoms with van der Waals surface area (Å²) in [5.41, 5.74) is 1.72. The molecule has 0 aliphatic carbocycles. The molecule has 0 spiro atoms. The lowest BCUT2D eigenvalue weighted by Gasteiger charge is -1.93. The predicted octanol–water partition coefficient (Wildman–Crippen LogP) is 3.18. The maximum absolute atomic E-state index is 8.69. The van der Waals surface area contributed by atoms with Crippen LogP contribution in [0.4, 0.5) is 0 Å². The minimum atomic E-state index is 0.220. The molecular weight excluding hydrogens is 247 g/mol. The highest BCUT2D eigenvalue weighted by atomic mass is 35.5. The molecule has 0 amide bonds. The van der Waals surface area contributed by atoms with E-state index in [1.54, 1.807) is 12.1 Å². The summed E-state index contributed by atoms with van der Waals surface area (Å²) in [5, 5.41) is 9.74. The third-order valence-corrected chi connectivity index (χ3v) is 3.12. The van der Waals surface area contributed by atoms with Gasteiger partial charge in [-0.15, -0.1) is 0 Å². The lowest BCUT2D eigenvalue weighted by molar-refractivity contribution is 0.284. The lowest BCUT2D eigenvalue weighted by Crippen LogP contribution is -1.90. The third kappa shape index (κ3) is 2.48. The van der Waals surface area contributed by atoms with Crippen LogP contribution in [-0.2, 0) is 6.42 Å². The number of aliphatic hydroxyl groups is 1. The van der Waals surface area contributed by atoms with Crippen molar-refractivity contribution < 1.29 is 5.11 Å². The van der Waals surface area contributed by atoms with E-state index in [1.807, 2.05) is 0 Å². The van der Waals surface area contributed by atoms with Gasteiger partial charge in [-0.1, -0.05) is 23.2 Å². The maximum atomic E-state index is 8.69. The SMILES string of the molecule is OCCCCc1nc2cc(Cl)c(Cl)cc2[nH]1. The van der Waals surface area contributed by atoms with E-state index < -0.39 is 0 Å². The molecule has 0 radical (unpaired) electrons. The zero-order valence-corrected chi connectivity index (χ0v) is 10.1. The first-order valence-electron chi connectivity index (χ1n) is 5.15. The monoisotopic (exact) mass is 258 g/mol. The Morgan fingerprint density at radius 3 is 2.69 bits per heavy atom. The normalized spacial score (nSPS) is 11.2. The van der Waals surface area contributed by atoms with Crippen LogP contribution < -0.4 is 0 Å². The second-order valence-corrected chi connectivity index (χ2v) is 4.46. The Kier molecular flexibility index (Phi) is 3.69. The summed E-state index contributed by atoms with van der Waals surface area (Å²) in [6.45, 7) is 0.220. The highest BCUT2D eigenvalue weighted by molar-refractivity contribution is 6.42. The molecule has 0 saturated heterocycles. The largest absolute Gasteiger partial charge is 0.396 e. The van der Waals surface area contributed by atoms with Crippen molar-refractivity contribution in [2.24, 2.45) is 0 Å². The van der Waals surface area contributed by atoms with Gasteiger partial charge in [0.25, 0.3) is 0 Å². The van der Waals surface area contributed by atoms with Crippen molar-refractivity contribution >= 4 is 34.2 Å². The van der Waals surface area contributed by atoms with Gasteiger partial charge in [0.1, 0.15) is 5.82 Å². The highest BCUT2D eigenvalue weighted by Crippen LogP contribution is 2.26. The van der Waals surface area contributed by atoms with E-state index in [4.69, 9.17) is 28.3 Å². The van der Waals surface area contributed by atoms with Crippen LogP contribution in [0.1, 0.15) is 18.7 Å². The van der Waals surface area contributed by atoms with Gasteiger partial charge in [0.15, 0.2) is 0 Å². The van der Waals surface area contributed by atoms with Crippen molar-refractivity contribution in [1.29, 1.82) is 0 Å². The van der Waals surface area contributed by atoms with Gasteiger partial charge >= 0.3 is 0 Å². The Morgan fingerprint density at radius 1 is 1.19 bits per heavy atom. The Balaban J connectivity index is 2.23. The minimum Gasteiger partial charge on any atom is -0.396 e. The number of benzene rings is 1. The number of aliphatic hydroxyl groups excluding tert-OH is 1. The molecule has 86 valence electrons. The molecule has 16 heavy (non-hydrogen) atoms. The molecule has 0 aliphatic heterocycles. The van der Waals surface area contributed by atoms with E-state index in [0.29, 0.717) is 10.0 Å². The zero-order chi connectivity index (χ0) is 11.5. The average Bonchev–Trinajstić information content (AvgIpc) is 2.61. The van der Waals surface area contributed by atoms with E-state index in [1.165, 1.54) is 0 Å². The molecule has 0 saturated carbocycles. The number of hydrogen-bond donors (Lipinski definition) is 2. The summed E-state index contributed by atoms with van der Waals surface area (Å²) in [4.78, 5) is 7.59. The molecular formula is C11H12Cl2N2O. The molecule has 1 heterocycles. The van der Waals surface area contributed by atoms with Crippen LogP contribution in [0.15, 0.2) is 12.1 Å². The van der Waals surface area contributed by atoms with Crippen molar-refractivity contribution in [2.75, 3.05) is 6.61 Å². The van der Waals surface area contributed by atoms with Crippen molar-refractivity contribution in [3.63, 3.8) is 0 Å². The number of aromatic amines is 1. The standard InChI is InChI=1S/C11H12Cl2N2O/c12-7-5-9-10(6-8(7)13)15-11(14-9)3-1-2-4-16/h5-6,16H,1-4H2,(H,14,15). The van der Waals surface area contributed by atoms with Crippen molar-refractivity contribution in [3.05, 3.63) is 28.0 Å². The molecule has 0 unspecified atom stereocenters. The number of rotatable bonds is 4. The number of halogens is 2. The number of nitrogens with one attached hydrogen (secondary N) is 1. The van der Waals surface area contributed by atoms with E-state index in [0.717, 1.165) is 36.1 Å². The van der Waals surface area contributed by atoms with E-state index in [9.17, 15) is 0 Å². The van der Waals surface area contributed by atoms with Crippen LogP contribution in [0, 0.1) is 0 Å². The fraction of sp³-hybridized carbons (Fsp3) is 0.364. The Bertz CT molecular complexity index is 457. The molecule has 2 rings (SSSR count). The molecule has 3 nitrogen and oxygen atoms in total. The summed E-state index contributed by atoms with van der Waals surface area (Å²) >= 11 is 11.8. The molecule has 1 aromatic heterocycles. The Hall–Kier alpha value is -0.770. The molecule has 0 bridgehead atoms. The first-order chi connectivity index (χ1) is 7.70. The summed E-state index contributed by atoms with van der Waals surface area (Å²) < 4.78 is 0. The Labute approximate surface area is 103 Å². The van der Waals surface area contributed by atoms with Crippen molar-refractivity contribution in [1.82, 2.24) is 9.97 Å². The molecule has 2 N–H and O–H groups in total. The first-order valence-corrected chi connectivity index (χ1v) is 5.91. The second kappa shape index (κ2) is 5.04. The van der Waals surface area contributed by atoms with E-state index >= 15 is 0 Å². The van der Waals surface area contributed by atoms with Gasteiger partial charge in [-0.25, -0.2) is 4.98 Å². The van der Waals surface area contributed by atoms with Gasteiger partial charge in [0.2, 0.25) is 0 Å². The van der Waals surface area contributed by atoms with Gasteiger partial charge in [-0.2, -0.15) is 0 Å². The number of hydrogen-bond acceptors (Lipinski definition) is 2. The van der Waals surface area contributed by atoms with Crippen LogP contribution in [0.3, 0.4) is 0 Å². The van der Waals surface area contributed by atoms with E-state index in [-0.39, 0.29) is 6.61 Å². The van der Waals surface area contributed by atoms with Gasteiger partial charge < -0.3 is 10.1 Å². The number of aromatic nitrogens is 2. The van der Waals surface area contributed by atoms with Gasteiger partial charge in [0, 0.05) is 13.0 Å². The van der Waals surface area contributed by atoms with Crippen molar-refractivity contribution in [2.45, 2.75) is 19.3 Å². The van der Waals surface area contributed by atoms with E-state index in [2.05, 4.69) is 9.97 Å². The fourth-order valence-corrected chi connectivity index (χ4v) is 1.90. The number of imidazole rings is 1. The van der Waals surface area contributed by atoms with Gasteiger partial charge in [0.05, 0.1) is 21.1 Å². The minimum absolute atomic E-state index is 0.220. The highest BCUT2D eigenvalue weighted by Gasteiger charge is 2.06. The third-order valence-electron chi connectivity index (χ3n) is 2.39. The smallest absolute Gasteiger partial charge is 0.107 e. The van der Waals surface area contributed by atoms with Crippen LogP contribution in [0.2, 0.25) is 10.0 Å².